The quantitative estimate of drug-likeness (QED) is 0.416. The molecule has 0 aromatic heterocycles. The predicted octanol–water partition coefficient (Wildman–Crippen LogP) is 0.801. The summed E-state index contributed by atoms with van der Waals surface area (Å²) in [5.74, 6) is -1.98. The predicted molar refractivity (Wildman–Crippen MR) is 122 cm³/mol. The summed E-state index contributed by atoms with van der Waals surface area (Å²) in [6.07, 6.45) is 0.509. The zero-order chi connectivity index (χ0) is 25.6. The summed E-state index contributed by atoms with van der Waals surface area (Å²) in [5, 5.41) is 10.1. The largest absolute Gasteiger partial charge is 0.390 e. The average molecular weight is 486 g/mol. The zero-order valence-corrected chi connectivity index (χ0v) is 20.9. The van der Waals surface area contributed by atoms with Crippen LogP contribution in [0.3, 0.4) is 0 Å². The third-order valence-corrected chi connectivity index (χ3v) is 6.43. The Kier molecular flexibility index (Phi) is 10.0. The molecule has 0 fully saturated rings. The van der Waals surface area contributed by atoms with Crippen LogP contribution in [0.1, 0.15) is 45.6 Å². The highest BCUT2D eigenvalue weighted by Gasteiger charge is 2.37. The van der Waals surface area contributed by atoms with Crippen LogP contribution in [0, 0.1) is 6.92 Å². The molecule has 1 rings (SSSR count). The van der Waals surface area contributed by atoms with E-state index in [0.29, 0.717) is 6.42 Å². The van der Waals surface area contributed by atoms with Gasteiger partial charge in [-0.3, -0.25) is 18.6 Å². The molecule has 0 radical (unpaired) electrons. The number of aryl methyl sites for hydroxylation is 1. The van der Waals surface area contributed by atoms with Crippen molar-refractivity contribution in [1.82, 2.24) is 9.80 Å². The minimum atomic E-state index is -4.21. The fourth-order valence-corrected chi connectivity index (χ4v) is 4.04. The normalized spacial score (nSPS) is 13.8. The van der Waals surface area contributed by atoms with Gasteiger partial charge in [-0.2, -0.15) is 8.42 Å². The molecule has 1 unspecified atom stereocenters. The summed E-state index contributed by atoms with van der Waals surface area (Å²) in [7, 11) is -1.53. The summed E-state index contributed by atoms with van der Waals surface area (Å²) in [6, 6.07) is 3.47. The molecule has 0 saturated heterocycles. The van der Waals surface area contributed by atoms with Crippen LogP contribution in [0.2, 0.25) is 0 Å². The Balaban J connectivity index is 3.22. The van der Waals surface area contributed by atoms with Gasteiger partial charge in [-0.15, -0.1) is 0 Å². The number of carbonyl (C=O) groups excluding carboxylic acids is 3. The van der Waals surface area contributed by atoms with E-state index in [9.17, 15) is 27.9 Å². The Morgan fingerprint density at radius 3 is 2.09 bits per heavy atom. The first-order valence-corrected chi connectivity index (χ1v) is 12.0. The van der Waals surface area contributed by atoms with Crippen molar-refractivity contribution in [2.45, 2.75) is 69.5 Å². The fraction of sp³-hybridized carbons (Fsp3) is 0.591. The molecule has 0 bridgehead atoms. The number of hydrogen-bond donors (Lipinski definition) is 2. The molecule has 11 heteroatoms. The Labute approximate surface area is 195 Å². The molecule has 0 aliphatic heterocycles. The minimum Gasteiger partial charge on any atom is -0.390 e. The molecule has 3 amide bonds. The molecule has 1 aromatic rings. The van der Waals surface area contributed by atoms with Crippen LogP contribution in [0.15, 0.2) is 29.2 Å². The lowest BCUT2D eigenvalue weighted by Gasteiger charge is -2.35. The zero-order valence-electron chi connectivity index (χ0n) is 20.1. The SMILES string of the molecule is CCCC(=O)N(C)C(COS(=O)(=O)c1ccc(C)cc1)C(=O)N(C)[C@@H](CC(C)(C)O)C(N)=O. The van der Waals surface area contributed by atoms with Crippen molar-refractivity contribution in [3.8, 4) is 0 Å². The lowest BCUT2D eigenvalue weighted by Crippen LogP contribution is -2.56. The van der Waals surface area contributed by atoms with Gasteiger partial charge in [0.25, 0.3) is 10.1 Å². The van der Waals surface area contributed by atoms with E-state index in [4.69, 9.17) is 9.92 Å². The second-order valence-corrected chi connectivity index (χ2v) is 10.3. The van der Waals surface area contributed by atoms with Crippen molar-refractivity contribution < 1.29 is 32.1 Å². The van der Waals surface area contributed by atoms with E-state index in [1.165, 1.54) is 40.1 Å². The van der Waals surface area contributed by atoms with Crippen LogP contribution in [-0.2, 0) is 28.7 Å². The highest BCUT2D eigenvalue weighted by atomic mass is 32.2. The Morgan fingerprint density at radius 2 is 1.64 bits per heavy atom. The number of hydrogen-bond acceptors (Lipinski definition) is 7. The van der Waals surface area contributed by atoms with E-state index in [1.807, 2.05) is 0 Å². The maximum atomic E-state index is 13.3. The van der Waals surface area contributed by atoms with Gasteiger partial charge in [0.05, 0.1) is 17.1 Å². The van der Waals surface area contributed by atoms with Crippen LogP contribution in [0.5, 0.6) is 0 Å². The van der Waals surface area contributed by atoms with Gasteiger partial charge < -0.3 is 20.6 Å². The summed E-state index contributed by atoms with van der Waals surface area (Å²) >= 11 is 0. The van der Waals surface area contributed by atoms with E-state index in [2.05, 4.69) is 0 Å². The number of amides is 3. The molecule has 1 aromatic carbocycles. The van der Waals surface area contributed by atoms with Gasteiger partial charge in [0.15, 0.2) is 0 Å². The lowest BCUT2D eigenvalue weighted by molar-refractivity contribution is -0.149. The van der Waals surface area contributed by atoms with Gasteiger partial charge in [-0.05, 0) is 39.3 Å². The maximum absolute atomic E-state index is 13.3. The van der Waals surface area contributed by atoms with Crippen LogP contribution in [0.4, 0.5) is 0 Å². The fourth-order valence-electron chi connectivity index (χ4n) is 3.13. The van der Waals surface area contributed by atoms with Gasteiger partial charge >= 0.3 is 0 Å². The van der Waals surface area contributed by atoms with Gasteiger partial charge in [-0.25, -0.2) is 0 Å². The monoisotopic (exact) mass is 485 g/mol. The molecule has 3 N–H and O–H groups in total. The van der Waals surface area contributed by atoms with E-state index >= 15 is 0 Å². The molecule has 2 atom stereocenters. The van der Waals surface area contributed by atoms with E-state index in [-0.39, 0.29) is 17.7 Å². The molecular weight excluding hydrogens is 450 g/mol. The number of rotatable bonds is 12. The third-order valence-electron chi connectivity index (χ3n) is 5.14. The first kappa shape index (κ1) is 28.5. The molecular formula is C22H35N3O7S. The van der Waals surface area contributed by atoms with Crippen molar-refractivity contribution >= 4 is 27.8 Å². The Bertz CT molecular complexity index is 940. The lowest BCUT2D eigenvalue weighted by atomic mass is 9.97. The van der Waals surface area contributed by atoms with Crippen LogP contribution >= 0.6 is 0 Å². The summed E-state index contributed by atoms with van der Waals surface area (Å²) in [4.78, 5) is 39.8. The topological polar surface area (TPSA) is 147 Å². The molecule has 0 heterocycles. The van der Waals surface area contributed by atoms with Crippen LogP contribution in [0.25, 0.3) is 0 Å². The van der Waals surface area contributed by atoms with Crippen molar-refractivity contribution in [2.24, 2.45) is 5.73 Å². The number of likely N-dealkylation sites (N-methyl/N-ethyl adjacent to an activating group) is 2. The third kappa shape index (κ3) is 8.41. The molecule has 33 heavy (non-hydrogen) atoms. The summed E-state index contributed by atoms with van der Waals surface area (Å²) in [5.41, 5.74) is 5.00. The van der Waals surface area contributed by atoms with E-state index in [0.717, 1.165) is 15.4 Å². The van der Waals surface area contributed by atoms with Crippen molar-refractivity contribution in [2.75, 3.05) is 20.7 Å². The van der Waals surface area contributed by atoms with Gasteiger partial charge in [0, 0.05) is 26.9 Å². The highest BCUT2D eigenvalue weighted by molar-refractivity contribution is 7.86. The Hall–Kier alpha value is -2.50. The van der Waals surface area contributed by atoms with Crippen molar-refractivity contribution in [3.05, 3.63) is 29.8 Å². The summed E-state index contributed by atoms with van der Waals surface area (Å²) < 4.78 is 30.4. The minimum absolute atomic E-state index is 0.0905. The van der Waals surface area contributed by atoms with Crippen molar-refractivity contribution in [1.29, 1.82) is 0 Å². The smallest absolute Gasteiger partial charge is 0.297 e. The maximum Gasteiger partial charge on any atom is 0.297 e. The van der Waals surface area contributed by atoms with Crippen molar-refractivity contribution in [3.63, 3.8) is 0 Å². The Morgan fingerprint density at radius 1 is 1.09 bits per heavy atom. The van der Waals surface area contributed by atoms with E-state index in [1.54, 1.807) is 26.0 Å². The molecule has 0 spiro atoms. The van der Waals surface area contributed by atoms with E-state index < -0.39 is 52.1 Å². The van der Waals surface area contributed by atoms with Crippen LogP contribution < -0.4 is 5.73 Å². The highest BCUT2D eigenvalue weighted by Crippen LogP contribution is 2.19. The van der Waals surface area contributed by atoms with Gasteiger partial charge in [0.1, 0.15) is 12.1 Å². The molecule has 186 valence electrons. The first-order valence-electron chi connectivity index (χ1n) is 10.6. The second-order valence-electron chi connectivity index (χ2n) is 8.71. The van der Waals surface area contributed by atoms with Crippen LogP contribution in [-0.4, -0.2) is 79.4 Å². The number of nitrogens with zero attached hydrogens (tertiary/aromatic N) is 2. The molecule has 0 aliphatic rings. The standard InChI is InChI=1S/C22H35N3O7S/c1-7-8-19(26)24(5)18(14-32-33(30,31)16-11-9-15(2)10-12-16)21(28)25(6)17(20(23)27)13-22(3,4)29/h9-12,17-18,29H,7-8,13-14H2,1-6H3,(H2,23,27)/t17-,18?/m0/s1. The number of nitrogens with two attached hydrogens (primary N) is 1. The second kappa shape index (κ2) is 11.6. The van der Waals surface area contributed by atoms with Gasteiger partial charge in [0.2, 0.25) is 17.7 Å². The first-order chi connectivity index (χ1) is 15.1. The van der Waals surface area contributed by atoms with Gasteiger partial charge in [-0.1, -0.05) is 24.6 Å². The molecule has 10 nitrogen and oxygen atoms in total. The number of aliphatic hydroxyl groups is 1. The molecule has 0 aliphatic carbocycles. The average Bonchev–Trinajstić information content (AvgIpc) is 2.70. The number of primary amides is 1. The summed E-state index contributed by atoms with van der Waals surface area (Å²) in [6.45, 7) is 5.87. The number of carbonyl (C=O) groups is 3. The number of benzene rings is 1. The molecule has 0 saturated carbocycles.